The predicted octanol–water partition coefficient (Wildman–Crippen LogP) is 5.99. The van der Waals surface area contributed by atoms with Gasteiger partial charge in [0.05, 0.1) is 12.2 Å². The number of nitrogens with zero attached hydrogens (tertiary/aromatic N) is 1. The summed E-state index contributed by atoms with van der Waals surface area (Å²) in [6.07, 6.45) is 0. The van der Waals surface area contributed by atoms with E-state index in [0.29, 0.717) is 28.8 Å². The van der Waals surface area contributed by atoms with Gasteiger partial charge in [-0.1, -0.05) is 54.1 Å². The third kappa shape index (κ3) is 4.24. The fourth-order valence-electron chi connectivity index (χ4n) is 2.73. The molecule has 0 radical (unpaired) electrons. The van der Waals surface area contributed by atoms with E-state index < -0.39 is 0 Å². The summed E-state index contributed by atoms with van der Waals surface area (Å²) in [7, 11) is 0. The molecule has 0 bridgehead atoms. The van der Waals surface area contributed by atoms with Gasteiger partial charge in [0.25, 0.3) is 0 Å². The molecule has 0 aliphatic rings. The number of hydrogen-bond donors (Lipinski definition) is 0. The molecule has 1 amide bonds. The molecule has 26 heavy (non-hydrogen) atoms. The number of ether oxygens (including phenoxy) is 1. The molecule has 3 aromatic rings. The lowest BCUT2D eigenvalue weighted by atomic mass is 10.1. The first kappa shape index (κ1) is 18.0. The molecular formula is C22H20ClNO2. The zero-order valence-electron chi connectivity index (χ0n) is 14.8. The largest absolute Gasteiger partial charge is 0.455 e. The maximum absolute atomic E-state index is 12.4. The molecule has 132 valence electrons. The standard InChI is InChI=1S/C22H20ClNO2/c1-16-8-6-7-9-18(16)15-24(17(2)25)21-13-12-19(23)14-22(21)26-20-10-4-3-5-11-20/h3-14H,15H2,1-2H3. The number of hydrogen-bond acceptors (Lipinski definition) is 2. The summed E-state index contributed by atoms with van der Waals surface area (Å²) in [5.41, 5.74) is 2.91. The van der Waals surface area contributed by atoms with Gasteiger partial charge in [0.15, 0.2) is 5.75 Å². The molecule has 0 aromatic heterocycles. The molecule has 0 saturated carbocycles. The van der Waals surface area contributed by atoms with E-state index in [2.05, 4.69) is 0 Å². The van der Waals surface area contributed by atoms with Crippen molar-refractivity contribution in [2.75, 3.05) is 4.90 Å². The van der Waals surface area contributed by atoms with Crippen molar-refractivity contribution in [1.82, 2.24) is 0 Å². The highest BCUT2D eigenvalue weighted by atomic mass is 35.5. The van der Waals surface area contributed by atoms with Crippen LogP contribution in [0.2, 0.25) is 5.02 Å². The topological polar surface area (TPSA) is 29.5 Å². The lowest BCUT2D eigenvalue weighted by Gasteiger charge is -2.25. The molecule has 0 atom stereocenters. The number of rotatable bonds is 5. The van der Waals surface area contributed by atoms with Crippen LogP contribution in [0.15, 0.2) is 72.8 Å². The molecule has 4 heteroatoms. The van der Waals surface area contributed by atoms with E-state index in [4.69, 9.17) is 16.3 Å². The lowest BCUT2D eigenvalue weighted by Crippen LogP contribution is -2.28. The van der Waals surface area contributed by atoms with E-state index in [0.717, 1.165) is 11.1 Å². The Balaban J connectivity index is 1.99. The Bertz CT molecular complexity index is 909. The van der Waals surface area contributed by atoms with Gasteiger partial charge in [-0.3, -0.25) is 4.79 Å². The number of carbonyl (C=O) groups excluding carboxylic acids is 1. The van der Waals surface area contributed by atoms with Crippen LogP contribution in [0.5, 0.6) is 11.5 Å². The quantitative estimate of drug-likeness (QED) is 0.555. The Labute approximate surface area is 158 Å². The Morgan fingerprint density at radius 3 is 2.38 bits per heavy atom. The van der Waals surface area contributed by atoms with Crippen molar-refractivity contribution in [3.63, 3.8) is 0 Å². The van der Waals surface area contributed by atoms with Crippen molar-refractivity contribution in [3.8, 4) is 11.5 Å². The summed E-state index contributed by atoms with van der Waals surface area (Å²) in [6.45, 7) is 4.06. The summed E-state index contributed by atoms with van der Waals surface area (Å²) in [5, 5.41) is 0.555. The van der Waals surface area contributed by atoms with Gasteiger partial charge < -0.3 is 9.64 Å². The summed E-state index contributed by atoms with van der Waals surface area (Å²) < 4.78 is 6.01. The normalized spacial score (nSPS) is 10.4. The summed E-state index contributed by atoms with van der Waals surface area (Å²) >= 11 is 6.17. The number of benzene rings is 3. The summed E-state index contributed by atoms with van der Waals surface area (Å²) in [5.74, 6) is 1.18. The number of amides is 1. The van der Waals surface area contributed by atoms with E-state index in [1.54, 1.807) is 24.0 Å². The van der Waals surface area contributed by atoms with Gasteiger partial charge in [-0.25, -0.2) is 0 Å². The summed E-state index contributed by atoms with van der Waals surface area (Å²) in [6, 6.07) is 22.8. The van der Waals surface area contributed by atoms with Crippen LogP contribution in [0.4, 0.5) is 5.69 Å². The van der Waals surface area contributed by atoms with Crippen LogP contribution in [0, 0.1) is 6.92 Å². The van der Waals surface area contributed by atoms with Gasteiger partial charge in [0.1, 0.15) is 5.75 Å². The first-order valence-electron chi connectivity index (χ1n) is 8.39. The van der Waals surface area contributed by atoms with E-state index in [-0.39, 0.29) is 5.91 Å². The van der Waals surface area contributed by atoms with Crippen LogP contribution in [0.25, 0.3) is 0 Å². The molecule has 0 unspecified atom stereocenters. The molecule has 3 rings (SSSR count). The van der Waals surface area contributed by atoms with Crippen LogP contribution in [-0.4, -0.2) is 5.91 Å². The number of halogens is 1. The third-order valence-electron chi connectivity index (χ3n) is 4.15. The highest BCUT2D eigenvalue weighted by Gasteiger charge is 2.18. The number of aryl methyl sites for hydroxylation is 1. The van der Waals surface area contributed by atoms with E-state index in [1.807, 2.05) is 67.6 Å². The molecule has 0 fully saturated rings. The minimum Gasteiger partial charge on any atom is -0.455 e. The fourth-order valence-corrected chi connectivity index (χ4v) is 2.89. The third-order valence-corrected chi connectivity index (χ3v) is 4.39. The Hall–Kier alpha value is -2.78. The average molecular weight is 366 g/mol. The molecule has 0 spiro atoms. The number of para-hydroxylation sites is 1. The van der Waals surface area contributed by atoms with Crippen molar-refractivity contribution in [2.24, 2.45) is 0 Å². The minimum absolute atomic E-state index is 0.0616. The van der Waals surface area contributed by atoms with Crippen LogP contribution in [0.1, 0.15) is 18.1 Å². The second-order valence-electron chi connectivity index (χ2n) is 6.06. The Morgan fingerprint density at radius 1 is 1.00 bits per heavy atom. The monoisotopic (exact) mass is 365 g/mol. The second-order valence-corrected chi connectivity index (χ2v) is 6.50. The minimum atomic E-state index is -0.0616. The SMILES string of the molecule is CC(=O)N(Cc1ccccc1C)c1ccc(Cl)cc1Oc1ccccc1. The molecule has 3 nitrogen and oxygen atoms in total. The molecule has 3 aromatic carbocycles. The molecule has 0 aliphatic carbocycles. The first-order valence-corrected chi connectivity index (χ1v) is 8.77. The van der Waals surface area contributed by atoms with Gasteiger partial charge in [0, 0.05) is 18.0 Å². The lowest BCUT2D eigenvalue weighted by molar-refractivity contribution is -0.116. The predicted molar refractivity (Wildman–Crippen MR) is 106 cm³/mol. The summed E-state index contributed by atoms with van der Waals surface area (Å²) in [4.78, 5) is 14.1. The second kappa shape index (κ2) is 8.07. The van der Waals surface area contributed by atoms with Gasteiger partial charge in [-0.2, -0.15) is 0 Å². The Morgan fingerprint density at radius 2 is 1.69 bits per heavy atom. The molecule has 0 aliphatic heterocycles. The maximum atomic E-state index is 12.4. The van der Waals surface area contributed by atoms with Crippen LogP contribution >= 0.6 is 11.6 Å². The van der Waals surface area contributed by atoms with Crippen molar-refractivity contribution in [3.05, 3.63) is 88.9 Å². The smallest absolute Gasteiger partial charge is 0.224 e. The molecule has 0 saturated heterocycles. The molecular weight excluding hydrogens is 346 g/mol. The maximum Gasteiger partial charge on any atom is 0.224 e. The van der Waals surface area contributed by atoms with Crippen molar-refractivity contribution >= 4 is 23.2 Å². The number of carbonyl (C=O) groups is 1. The van der Waals surface area contributed by atoms with E-state index in [1.165, 1.54) is 0 Å². The zero-order valence-corrected chi connectivity index (χ0v) is 15.5. The fraction of sp³-hybridized carbons (Fsp3) is 0.136. The average Bonchev–Trinajstić information content (AvgIpc) is 2.62. The van der Waals surface area contributed by atoms with Crippen LogP contribution < -0.4 is 9.64 Å². The molecule has 0 N–H and O–H groups in total. The number of anilines is 1. The van der Waals surface area contributed by atoms with Gasteiger partial charge in [-0.15, -0.1) is 0 Å². The van der Waals surface area contributed by atoms with Crippen molar-refractivity contribution in [1.29, 1.82) is 0 Å². The highest BCUT2D eigenvalue weighted by molar-refractivity contribution is 6.30. The van der Waals surface area contributed by atoms with Crippen LogP contribution in [-0.2, 0) is 11.3 Å². The van der Waals surface area contributed by atoms with Gasteiger partial charge in [-0.05, 0) is 42.3 Å². The van der Waals surface area contributed by atoms with Crippen molar-refractivity contribution < 1.29 is 9.53 Å². The Kier molecular flexibility index (Phi) is 5.59. The van der Waals surface area contributed by atoms with Gasteiger partial charge >= 0.3 is 0 Å². The van der Waals surface area contributed by atoms with Gasteiger partial charge in [0.2, 0.25) is 5.91 Å². The van der Waals surface area contributed by atoms with E-state index >= 15 is 0 Å². The molecule has 0 heterocycles. The zero-order chi connectivity index (χ0) is 18.5. The van der Waals surface area contributed by atoms with Crippen LogP contribution in [0.3, 0.4) is 0 Å². The highest BCUT2D eigenvalue weighted by Crippen LogP contribution is 2.36. The van der Waals surface area contributed by atoms with E-state index in [9.17, 15) is 4.79 Å². The van der Waals surface area contributed by atoms with Crippen molar-refractivity contribution in [2.45, 2.75) is 20.4 Å². The first-order chi connectivity index (χ1) is 12.5.